The summed E-state index contributed by atoms with van der Waals surface area (Å²) in [7, 11) is 0. The Labute approximate surface area is 157 Å². The number of nitrogens with one attached hydrogen (secondary N) is 2. The van der Waals surface area contributed by atoms with Crippen LogP contribution in [0.1, 0.15) is 36.7 Å². The fourth-order valence-electron chi connectivity index (χ4n) is 3.50. The number of piperidine rings is 1. The van der Waals surface area contributed by atoms with Crippen LogP contribution in [-0.2, 0) is 0 Å². The lowest BCUT2D eigenvalue weighted by atomic mass is 9.97. The van der Waals surface area contributed by atoms with Crippen LogP contribution in [0.4, 0.5) is 10.5 Å². The quantitative estimate of drug-likeness (QED) is 0.739. The molecule has 27 heavy (non-hydrogen) atoms. The van der Waals surface area contributed by atoms with E-state index in [1.54, 1.807) is 6.20 Å². The maximum absolute atomic E-state index is 13.0. The summed E-state index contributed by atoms with van der Waals surface area (Å²) in [4.78, 5) is 23.4. The van der Waals surface area contributed by atoms with Gasteiger partial charge in [0, 0.05) is 30.2 Å². The number of H-pyrrole nitrogens is 1. The number of pyridine rings is 1. The molecule has 0 bridgehead atoms. The van der Waals surface area contributed by atoms with Crippen molar-refractivity contribution in [2.24, 2.45) is 0 Å². The molecule has 1 aromatic carbocycles. The van der Waals surface area contributed by atoms with Gasteiger partial charge in [0.25, 0.3) is 0 Å². The first-order valence-electron chi connectivity index (χ1n) is 9.18. The molecule has 7 heteroatoms. The molecular weight excluding hydrogens is 340 g/mol. The van der Waals surface area contributed by atoms with Crippen LogP contribution >= 0.6 is 0 Å². The van der Waals surface area contributed by atoms with Gasteiger partial charge in [-0.3, -0.25) is 10.1 Å². The van der Waals surface area contributed by atoms with E-state index in [0.29, 0.717) is 5.82 Å². The Morgan fingerprint density at radius 1 is 1.26 bits per heavy atom. The fraction of sp³-hybridized carbons (Fsp3) is 0.300. The number of nitrogens with zero attached hydrogens (tertiary/aromatic N) is 4. The highest BCUT2D eigenvalue weighted by molar-refractivity contribution is 5.90. The van der Waals surface area contributed by atoms with Gasteiger partial charge in [0.15, 0.2) is 5.82 Å². The van der Waals surface area contributed by atoms with E-state index in [2.05, 4.69) is 25.5 Å². The van der Waals surface area contributed by atoms with Gasteiger partial charge in [0.05, 0.1) is 6.04 Å². The summed E-state index contributed by atoms with van der Waals surface area (Å²) in [6.45, 7) is 2.60. The number of urea groups is 1. The first-order valence-corrected chi connectivity index (χ1v) is 9.18. The van der Waals surface area contributed by atoms with Gasteiger partial charge in [-0.25, -0.2) is 9.78 Å². The van der Waals surface area contributed by atoms with Crippen molar-refractivity contribution in [3.63, 3.8) is 0 Å². The van der Waals surface area contributed by atoms with Crippen LogP contribution in [0.15, 0.2) is 48.8 Å². The minimum absolute atomic E-state index is 0.0614. The van der Waals surface area contributed by atoms with Gasteiger partial charge in [-0.2, -0.15) is 5.10 Å². The van der Waals surface area contributed by atoms with Crippen LogP contribution < -0.4 is 5.32 Å². The zero-order valence-electron chi connectivity index (χ0n) is 15.2. The molecule has 0 spiro atoms. The number of amides is 2. The number of rotatable bonds is 3. The van der Waals surface area contributed by atoms with Crippen LogP contribution in [0.2, 0.25) is 0 Å². The molecule has 4 rings (SSSR count). The molecule has 1 aliphatic rings. The summed E-state index contributed by atoms with van der Waals surface area (Å²) >= 11 is 0. The molecule has 138 valence electrons. The molecule has 3 aromatic rings. The molecule has 0 aliphatic carbocycles. The predicted molar refractivity (Wildman–Crippen MR) is 103 cm³/mol. The zero-order chi connectivity index (χ0) is 18.6. The topological polar surface area (TPSA) is 86.8 Å². The van der Waals surface area contributed by atoms with Crippen molar-refractivity contribution in [2.75, 3.05) is 11.9 Å². The molecule has 0 radical (unpaired) electrons. The number of carbonyl (C=O) groups excluding carboxylic acids is 1. The Balaban J connectivity index is 1.52. The van der Waals surface area contributed by atoms with Crippen LogP contribution in [0.3, 0.4) is 0 Å². The summed E-state index contributed by atoms with van der Waals surface area (Å²) in [6.07, 6.45) is 6.69. The molecule has 2 aromatic heterocycles. The second kappa shape index (κ2) is 7.57. The van der Waals surface area contributed by atoms with Gasteiger partial charge in [-0.15, -0.1) is 0 Å². The molecule has 0 saturated carbocycles. The van der Waals surface area contributed by atoms with Crippen molar-refractivity contribution < 1.29 is 4.79 Å². The Morgan fingerprint density at radius 3 is 2.96 bits per heavy atom. The van der Waals surface area contributed by atoms with Gasteiger partial charge < -0.3 is 10.2 Å². The predicted octanol–water partition coefficient (Wildman–Crippen LogP) is 3.93. The number of carbonyl (C=O) groups is 1. The van der Waals surface area contributed by atoms with Crippen molar-refractivity contribution in [3.05, 3.63) is 60.2 Å². The van der Waals surface area contributed by atoms with Crippen molar-refractivity contribution in [2.45, 2.75) is 32.2 Å². The average Bonchev–Trinajstić information content (AvgIpc) is 3.15. The minimum Gasteiger partial charge on any atom is -0.317 e. The zero-order valence-corrected chi connectivity index (χ0v) is 15.2. The largest absolute Gasteiger partial charge is 0.322 e. The highest BCUT2D eigenvalue weighted by Crippen LogP contribution is 2.31. The van der Waals surface area contributed by atoms with E-state index in [1.165, 1.54) is 0 Å². The summed E-state index contributed by atoms with van der Waals surface area (Å²) in [5.74, 6) is 1.38. The monoisotopic (exact) mass is 362 g/mol. The minimum atomic E-state index is -0.0909. The molecule has 1 fully saturated rings. The van der Waals surface area contributed by atoms with Crippen LogP contribution in [0.25, 0.3) is 11.4 Å². The highest BCUT2D eigenvalue weighted by atomic mass is 16.2. The second-order valence-electron chi connectivity index (χ2n) is 6.75. The Kier molecular flexibility index (Phi) is 4.82. The van der Waals surface area contributed by atoms with Gasteiger partial charge in [-0.05, 0) is 49.9 Å². The first-order chi connectivity index (χ1) is 13.2. The summed E-state index contributed by atoms with van der Waals surface area (Å²) in [5, 5.41) is 10.1. The molecule has 2 amide bonds. The Hall–Kier alpha value is -3.22. The van der Waals surface area contributed by atoms with E-state index in [9.17, 15) is 4.79 Å². The number of aryl methyl sites for hydroxylation is 1. The summed E-state index contributed by atoms with van der Waals surface area (Å²) < 4.78 is 0. The van der Waals surface area contributed by atoms with Gasteiger partial charge in [0.2, 0.25) is 0 Å². The average molecular weight is 362 g/mol. The lowest BCUT2D eigenvalue weighted by Crippen LogP contribution is -2.41. The number of aromatic nitrogens is 4. The van der Waals surface area contributed by atoms with Crippen molar-refractivity contribution in [1.82, 2.24) is 25.1 Å². The molecule has 1 aliphatic heterocycles. The maximum Gasteiger partial charge on any atom is 0.322 e. The van der Waals surface area contributed by atoms with E-state index in [0.717, 1.165) is 48.4 Å². The van der Waals surface area contributed by atoms with Crippen LogP contribution in [-0.4, -0.2) is 37.6 Å². The number of hydrogen-bond donors (Lipinski definition) is 2. The number of benzene rings is 1. The molecule has 2 N–H and O–H groups in total. The third-order valence-electron chi connectivity index (χ3n) is 4.80. The molecule has 1 saturated heterocycles. The van der Waals surface area contributed by atoms with Gasteiger partial charge >= 0.3 is 6.03 Å². The normalized spacial score (nSPS) is 16.9. The van der Waals surface area contributed by atoms with Gasteiger partial charge in [0.1, 0.15) is 5.82 Å². The molecule has 7 nitrogen and oxygen atoms in total. The molecule has 3 heterocycles. The number of hydrogen-bond acceptors (Lipinski definition) is 4. The second-order valence-corrected chi connectivity index (χ2v) is 6.75. The molecule has 1 unspecified atom stereocenters. The Morgan fingerprint density at radius 2 is 2.19 bits per heavy atom. The third-order valence-corrected chi connectivity index (χ3v) is 4.80. The fourth-order valence-corrected chi connectivity index (χ4v) is 3.50. The standard InChI is InChI=1S/C20H22N6O/c1-14-22-19(25-24-14)15-6-4-8-17(12-15)23-20(27)26-11-3-2-9-18(26)16-7-5-10-21-13-16/h4-8,10,12-13,18H,2-3,9,11H2,1H3,(H,23,27)(H,22,24,25). The highest BCUT2D eigenvalue weighted by Gasteiger charge is 2.28. The SMILES string of the molecule is Cc1nc(-c2cccc(NC(=O)N3CCCCC3c3cccnc3)c2)n[nH]1. The van der Waals surface area contributed by atoms with Crippen molar-refractivity contribution in [3.8, 4) is 11.4 Å². The Bertz CT molecular complexity index is 923. The van der Waals surface area contributed by atoms with E-state index >= 15 is 0 Å². The van der Waals surface area contributed by atoms with E-state index in [1.807, 2.05) is 54.4 Å². The van der Waals surface area contributed by atoms with Gasteiger partial charge in [-0.1, -0.05) is 18.2 Å². The number of aromatic amines is 1. The van der Waals surface area contributed by atoms with Crippen LogP contribution in [0.5, 0.6) is 0 Å². The smallest absolute Gasteiger partial charge is 0.317 e. The lowest BCUT2D eigenvalue weighted by Gasteiger charge is -2.35. The number of likely N-dealkylation sites (tertiary alicyclic amines) is 1. The first kappa shape index (κ1) is 17.2. The molecular formula is C20H22N6O. The van der Waals surface area contributed by atoms with Crippen LogP contribution in [0, 0.1) is 6.92 Å². The van der Waals surface area contributed by atoms with Crippen molar-refractivity contribution in [1.29, 1.82) is 0 Å². The third kappa shape index (κ3) is 3.81. The van der Waals surface area contributed by atoms with E-state index < -0.39 is 0 Å². The van der Waals surface area contributed by atoms with Crippen molar-refractivity contribution >= 4 is 11.7 Å². The lowest BCUT2D eigenvalue weighted by molar-refractivity contribution is 0.163. The number of anilines is 1. The van der Waals surface area contributed by atoms with E-state index in [-0.39, 0.29) is 12.1 Å². The maximum atomic E-state index is 13.0. The summed E-state index contributed by atoms with van der Waals surface area (Å²) in [5.41, 5.74) is 2.67. The summed E-state index contributed by atoms with van der Waals surface area (Å²) in [6, 6.07) is 11.5. The van der Waals surface area contributed by atoms with E-state index in [4.69, 9.17) is 0 Å². The molecule has 1 atom stereocenters.